The van der Waals surface area contributed by atoms with E-state index in [1.165, 1.54) is 0 Å². The molecule has 2 rings (SSSR count). The van der Waals surface area contributed by atoms with Gasteiger partial charge in [-0.05, 0) is 37.6 Å². The molecule has 0 atom stereocenters. The Morgan fingerprint density at radius 1 is 1.00 bits per heavy atom. The van der Waals surface area contributed by atoms with Gasteiger partial charge in [-0.1, -0.05) is 55.8 Å². The quantitative estimate of drug-likeness (QED) is 0.824. The van der Waals surface area contributed by atoms with E-state index in [9.17, 15) is 5.11 Å². The lowest BCUT2D eigenvalue weighted by Gasteiger charge is -2.36. The van der Waals surface area contributed by atoms with Crippen LogP contribution in [0.1, 0.15) is 46.1 Å². The van der Waals surface area contributed by atoms with Crippen molar-refractivity contribution in [2.45, 2.75) is 46.1 Å². The van der Waals surface area contributed by atoms with Crippen molar-refractivity contribution in [2.24, 2.45) is 0 Å². The second kappa shape index (κ2) is 9.51. The number of piperidine rings is 1. The molecule has 3 heteroatoms. The maximum absolute atomic E-state index is 10.5. The number of benzene rings is 1. The van der Waals surface area contributed by atoms with E-state index in [0.29, 0.717) is 0 Å². The van der Waals surface area contributed by atoms with Gasteiger partial charge in [0.1, 0.15) is 0 Å². The van der Waals surface area contributed by atoms with E-state index < -0.39 is 5.60 Å². The highest BCUT2D eigenvalue weighted by atomic mass is 79.9. The third kappa shape index (κ3) is 5.64. The molecule has 0 amide bonds. The first-order chi connectivity index (χ1) is 9.10. The molecule has 1 heterocycles. The molecule has 1 aromatic carbocycles. The second-order valence-electron chi connectivity index (χ2n) is 4.34. The second-order valence-corrected chi connectivity index (χ2v) is 5.26. The van der Waals surface area contributed by atoms with Gasteiger partial charge < -0.3 is 10.0 Å². The van der Waals surface area contributed by atoms with Crippen LogP contribution in [-0.4, -0.2) is 30.1 Å². The van der Waals surface area contributed by atoms with Crippen molar-refractivity contribution < 1.29 is 5.11 Å². The van der Waals surface area contributed by atoms with Crippen molar-refractivity contribution in [1.29, 1.82) is 0 Å². The molecule has 0 unspecified atom stereocenters. The van der Waals surface area contributed by atoms with Crippen LogP contribution < -0.4 is 0 Å². The molecule has 1 aliphatic heterocycles. The van der Waals surface area contributed by atoms with Crippen molar-refractivity contribution in [1.82, 2.24) is 4.90 Å². The summed E-state index contributed by atoms with van der Waals surface area (Å²) < 4.78 is 1.06. The lowest BCUT2D eigenvalue weighted by atomic mass is 9.85. The monoisotopic (exact) mass is 329 g/mol. The fourth-order valence-corrected chi connectivity index (χ4v) is 2.30. The van der Waals surface area contributed by atoms with Crippen LogP contribution in [0, 0.1) is 0 Å². The summed E-state index contributed by atoms with van der Waals surface area (Å²) in [5.74, 6) is 0. The number of nitrogens with zero attached hydrogens (tertiary/aromatic N) is 1. The van der Waals surface area contributed by atoms with Crippen LogP contribution in [0.3, 0.4) is 0 Å². The lowest BCUT2D eigenvalue weighted by Crippen LogP contribution is -2.40. The van der Waals surface area contributed by atoms with Crippen molar-refractivity contribution in [3.8, 4) is 0 Å². The fraction of sp³-hybridized carbons (Fsp3) is 0.625. The van der Waals surface area contributed by atoms with Crippen molar-refractivity contribution in [3.63, 3.8) is 0 Å². The zero-order valence-corrected chi connectivity index (χ0v) is 14.5. The van der Waals surface area contributed by atoms with Gasteiger partial charge in [0.2, 0.25) is 0 Å². The lowest BCUT2D eigenvalue weighted by molar-refractivity contribution is -0.0203. The molecule has 0 spiro atoms. The summed E-state index contributed by atoms with van der Waals surface area (Å²) in [6, 6.07) is 8.00. The molecule has 1 saturated heterocycles. The zero-order valence-electron chi connectivity index (χ0n) is 12.9. The van der Waals surface area contributed by atoms with Crippen LogP contribution in [0.15, 0.2) is 28.7 Å². The number of likely N-dealkylation sites (tertiary alicyclic amines) is 1. The maximum Gasteiger partial charge on any atom is 0.0920 e. The Labute approximate surface area is 127 Å². The van der Waals surface area contributed by atoms with Crippen LogP contribution in [0.25, 0.3) is 0 Å². The molecule has 0 aliphatic carbocycles. The first kappa shape index (κ1) is 18.6. The zero-order chi connectivity index (χ0) is 14.9. The van der Waals surface area contributed by atoms with Gasteiger partial charge >= 0.3 is 0 Å². The highest BCUT2D eigenvalue weighted by Gasteiger charge is 2.32. The molecule has 0 bridgehead atoms. The molecule has 0 saturated carbocycles. The summed E-state index contributed by atoms with van der Waals surface area (Å²) in [6.07, 6.45) is 1.65. The van der Waals surface area contributed by atoms with E-state index in [1.807, 2.05) is 52.0 Å². The van der Waals surface area contributed by atoms with Crippen molar-refractivity contribution in [3.05, 3.63) is 34.3 Å². The summed E-state index contributed by atoms with van der Waals surface area (Å²) in [7, 11) is 2.10. The highest BCUT2D eigenvalue weighted by Crippen LogP contribution is 2.32. The molecule has 1 N–H and O–H groups in total. The van der Waals surface area contributed by atoms with Gasteiger partial charge in [-0.2, -0.15) is 0 Å². The normalized spacial score (nSPS) is 17.6. The number of halogens is 1. The summed E-state index contributed by atoms with van der Waals surface area (Å²) in [6.45, 7) is 9.93. The molecule has 1 aromatic rings. The highest BCUT2D eigenvalue weighted by molar-refractivity contribution is 9.10. The Bertz CT molecular complexity index is 329. The van der Waals surface area contributed by atoms with Gasteiger partial charge in [-0.15, -0.1) is 0 Å². The molecule has 19 heavy (non-hydrogen) atoms. The number of hydrogen-bond donors (Lipinski definition) is 1. The number of rotatable bonds is 1. The van der Waals surface area contributed by atoms with Crippen LogP contribution in [0.2, 0.25) is 0 Å². The van der Waals surface area contributed by atoms with Crippen molar-refractivity contribution in [2.75, 3.05) is 20.1 Å². The number of hydrogen-bond acceptors (Lipinski definition) is 2. The SMILES string of the molecule is CC.CC.CN1CCC(O)(c2ccc(Br)cc2)CC1. The Kier molecular flexibility index (Phi) is 9.32. The minimum absolute atomic E-state index is 0.618. The van der Waals surface area contributed by atoms with Gasteiger partial charge in [0.15, 0.2) is 0 Å². The van der Waals surface area contributed by atoms with Gasteiger partial charge in [-0.25, -0.2) is 0 Å². The topological polar surface area (TPSA) is 23.5 Å². The summed E-state index contributed by atoms with van der Waals surface area (Å²) in [4.78, 5) is 2.26. The predicted octanol–water partition coefficient (Wildman–Crippen LogP) is 4.41. The van der Waals surface area contributed by atoms with E-state index in [2.05, 4.69) is 27.9 Å². The van der Waals surface area contributed by atoms with E-state index in [4.69, 9.17) is 0 Å². The first-order valence-electron chi connectivity index (χ1n) is 7.27. The molecule has 1 aliphatic rings. The standard InChI is InChI=1S/C12H16BrNO.2C2H6/c1-14-8-6-12(15,7-9-14)10-2-4-11(13)5-3-10;2*1-2/h2-5,15H,6-9H2,1H3;2*1-2H3. The Balaban J connectivity index is 0.000000741. The molecule has 0 aromatic heterocycles. The van der Waals surface area contributed by atoms with Gasteiger partial charge in [-0.3, -0.25) is 0 Å². The van der Waals surface area contributed by atoms with E-state index >= 15 is 0 Å². The van der Waals surface area contributed by atoms with Gasteiger partial charge in [0, 0.05) is 17.6 Å². The molecule has 2 nitrogen and oxygen atoms in total. The maximum atomic E-state index is 10.5. The third-order valence-corrected chi connectivity index (χ3v) is 3.72. The fourth-order valence-electron chi connectivity index (χ4n) is 2.04. The largest absolute Gasteiger partial charge is 0.385 e. The average Bonchev–Trinajstić information content (AvgIpc) is 2.47. The molecule has 110 valence electrons. The average molecular weight is 330 g/mol. The van der Waals surface area contributed by atoms with Crippen LogP contribution >= 0.6 is 15.9 Å². The summed E-state index contributed by atoms with van der Waals surface area (Å²) in [5.41, 5.74) is 0.423. The Morgan fingerprint density at radius 3 is 1.84 bits per heavy atom. The van der Waals surface area contributed by atoms with Gasteiger partial charge in [0.05, 0.1) is 5.60 Å². The molecular weight excluding hydrogens is 302 g/mol. The predicted molar refractivity (Wildman–Crippen MR) is 87.5 cm³/mol. The van der Waals surface area contributed by atoms with E-state index in [0.717, 1.165) is 36.0 Å². The molecule has 0 radical (unpaired) electrons. The van der Waals surface area contributed by atoms with Crippen LogP contribution in [0.4, 0.5) is 0 Å². The van der Waals surface area contributed by atoms with Gasteiger partial charge in [0.25, 0.3) is 0 Å². The van der Waals surface area contributed by atoms with Crippen LogP contribution in [-0.2, 0) is 5.60 Å². The van der Waals surface area contributed by atoms with Crippen molar-refractivity contribution >= 4 is 15.9 Å². The Morgan fingerprint density at radius 2 is 1.42 bits per heavy atom. The smallest absolute Gasteiger partial charge is 0.0920 e. The summed E-state index contributed by atoms with van der Waals surface area (Å²) in [5, 5.41) is 10.5. The Hall–Kier alpha value is -0.380. The third-order valence-electron chi connectivity index (χ3n) is 3.20. The molecule has 1 fully saturated rings. The minimum atomic E-state index is -0.618. The van der Waals surface area contributed by atoms with E-state index in [1.54, 1.807) is 0 Å². The molecular formula is C16H28BrNO. The van der Waals surface area contributed by atoms with Crippen LogP contribution in [0.5, 0.6) is 0 Å². The van der Waals surface area contributed by atoms with E-state index in [-0.39, 0.29) is 0 Å². The first-order valence-corrected chi connectivity index (χ1v) is 8.06. The number of aliphatic hydroxyl groups is 1. The minimum Gasteiger partial charge on any atom is -0.385 e. The summed E-state index contributed by atoms with van der Waals surface area (Å²) >= 11 is 3.41.